The van der Waals surface area contributed by atoms with Crippen molar-refractivity contribution < 1.29 is 18.8 Å². The van der Waals surface area contributed by atoms with Crippen LogP contribution >= 0.6 is 0 Å². The number of hydrogen-bond acceptors (Lipinski definition) is 4. The van der Waals surface area contributed by atoms with Crippen molar-refractivity contribution in [1.29, 1.82) is 0 Å². The average Bonchev–Trinajstić information content (AvgIpc) is 2.56. The van der Waals surface area contributed by atoms with Crippen LogP contribution in [0.4, 0.5) is 14.5 Å². The Kier molecular flexibility index (Phi) is 5.58. The van der Waals surface area contributed by atoms with Crippen molar-refractivity contribution in [2.75, 3.05) is 13.6 Å². The van der Waals surface area contributed by atoms with Gasteiger partial charge < -0.3 is 5.11 Å². The van der Waals surface area contributed by atoms with Crippen LogP contribution in [0.3, 0.4) is 0 Å². The summed E-state index contributed by atoms with van der Waals surface area (Å²) in [6.45, 7) is 1.80. The van der Waals surface area contributed by atoms with E-state index in [0.717, 1.165) is 18.2 Å². The number of aliphatic hydroxyl groups excluding tert-OH is 1. The van der Waals surface area contributed by atoms with Crippen LogP contribution in [0.15, 0.2) is 42.5 Å². The zero-order valence-corrected chi connectivity index (χ0v) is 13.3. The number of aliphatic hydroxyl groups is 1. The zero-order valence-electron chi connectivity index (χ0n) is 13.3. The van der Waals surface area contributed by atoms with Gasteiger partial charge in [-0.15, -0.1) is 0 Å². The maximum Gasteiger partial charge on any atom is 0.269 e. The Hall–Kier alpha value is -2.38. The van der Waals surface area contributed by atoms with Gasteiger partial charge in [-0.2, -0.15) is 0 Å². The number of likely N-dealkylation sites (N-methyl/N-ethyl adjacent to an activating group) is 1. The second kappa shape index (κ2) is 7.46. The fraction of sp³-hybridized carbons (Fsp3) is 0.294. The van der Waals surface area contributed by atoms with Crippen molar-refractivity contribution in [3.05, 3.63) is 75.3 Å². The third-order valence-corrected chi connectivity index (χ3v) is 4.00. The number of rotatable bonds is 6. The summed E-state index contributed by atoms with van der Waals surface area (Å²) in [4.78, 5) is 11.9. The number of nitrogens with zero attached hydrogens (tertiary/aromatic N) is 2. The molecule has 0 bridgehead atoms. The van der Waals surface area contributed by atoms with Gasteiger partial charge in [-0.25, -0.2) is 8.78 Å². The molecule has 2 unspecified atom stereocenters. The van der Waals surface area contributed by atoms with Gasteiger partial charge in [-0.1, -0.05) is 12.1 Å². The van der Waals surface area contributed by atoms with Crippen molar-refractivity contribution in [3.8, 4) is 0 Å². The van der Waals surface area contributed by atoms with Gasteiger partial charge in [0.1, 0.15) is 11.6 Å². The molecule has 0 aliphatic heterocycles. The van der Waals surface area contributed by atoms with Gasteiger partial charge in [0.15, 0.2) is 0 Å². The smallest absolute Gasteiger partial charge is 0.269 e. The van der Waals surface area contributed by atoms with E-state index in [1.54, 1.807) is 24.9 Å². The molecule has 2 atom stereocenters. The van der Waals surface area contributed by atoms with Gasteiger partial charge in [0.2, 0.25) is 0 Å². The third-order valence-electron chi connectivity index (χ3n) is 4.00. The van der Waals surface area contributed by atoms with Crippen molar-refractivity contribution in [1.82, 2.24) is 4.90 Å². The molecule has 0 amide bonds. The summed E-state index contributed by atoms with van der Waals surface area (Å²) in [7, 11) is 1.66. The molecule has 0 aliphatic rings. The van der Waals surface area contributed by atoms with Crippen LogP contribution in [0.1, 0.15) is 30.2 Å². The first-order valence-corrected chi connectivity index (χ1v) is 7.37. The van der Waals surface area contributed by atoms with E-state index in [9.17, 15) is 24.0 Å². The van der Waals surface area contributed by atoms with E-state index in [1.165, 1.54) is 18.2 Å². The second-order valence-corrected chi connectivity index (χ2v) is 5.65. The number of benzene rings is 2. The van der Waals surface area contributed by atoms with E-state index in [0.29, 0.717) is 5.56 Å². The van der Waals surface area contributed by atoms with Gasteiger partial charge in [0.25, 0.3) is 5.69 Å². The number of non-ortho nitro benzene ring substituents is 1. The Morgan fingerprint density at radius 2 is 1.96 bits per heavy atom. The maximum atomic E-state index is 13.9. The number of hydrogen-bond donors (Lipinski definition) is 1. The Morgan fingerprint density at radius 3 is 2.62 bits per heavy atom. The molecule has 1 N–H and O–H groups in total. The second-order valence-electron chi connectivity index (χ2n) is 5.65. The van der Waals surface area contributed by atoms with E-state index in [-0.39, 0.29) is 17.8 Å². The minimum Gasteiger partial charge on any atom is -0.387 e. The van der Waals surface area contributed by atoms with Crippen LogP contribution in [-0.2, 0) is 0 Å². The van der Waals surface area contributed by atoms with E-state index in [1.807, 2.05) is 0 Å². The summed E-state index contributed by atoms with van der Waals surface area (Å²) >= 11 is 0. The topological polar surface area (TPSA) is 66.6 Å². The zero-order chi connectivity index (χ0) is 17.9. The lowest BCUT2D eigenvalue weighted by atomic mass is 10.0. The van der Waals surface area contributed by atoms with Gasteiger partial charge in [-0.05, 0) is 37.7 Å². The molecular weight excluding hydrogens is 318 g/mol. The van der Waals surface area contributed by atoms with Crippen LogP contribution in [0.2, 0.25) is 0 Å². The van der Waals surface area contributed by atoms with Gasteiger partial charge in [0.05, 0.1) is 11.0 Å². The van der Waals surface area contributed by atoms with E-state index in [2.05, 4.69) is 0 Å². The average molecular weight is 336 g/mol. The highest BCUT2D eigenvalue weighted by Crippen LogP contribution is 2.26. The van der Waals surface area contributed by atoms with Crippen LogP contribution in [0.5, 0.6) is 0 Å². The number of halogens is 2. The lowest BCUT2D eigenvalue weighted by Crippen LogP contribution is -2.28. The van der Waals surface area contributed by atoms with Crippen LogP contribution < -0.4 is 0 Å². The Balaban J connectivity index is 2.13. The molecule has 128 valence electrons. The Bertz CT molecular complexity index is 740. The quantitative estimate of drug-likeness (QED) is 0.646. The van der Waals surface area contributed by atoms with Gasteiger partial charge >= 0.3 is 0 Å². The summed E-state index contributed by atoms with van der Waals surface area (Å²) < 4.78 is 27.2. The fourth-order valence-corrected chi connectivity index (χ4v) is 2.45. The molecule has 0 aromatic heterocycles. The van der Waals surface area contributed by atoms with Crippen molar-refractivity contribution in [2.45, 2.75) is 19.1 Å². The minimum absolute atomic E-state index is 0.109. The first kappa shape index (κ1) is 18.0. The molecule has 0 fully saturated rings. The SMILES string of the molecule is CC(c1cc(F)ccc1F)N(C)CC(O)c1cccc([N+](=O)[O-])c1. The van der Waals surface area contributed by atoms with Crippen LogP contribution in [0, 0.1) is 21.7 Å². The van der Waals surface area contributed by atoms with Gasteiger partial charge in [0, 0.05) is 30.3 Å². The molecule has 0 aliphatic carbocycles. The molecule has 2 aromatic rings. The van der Waals surface area contributed by atoms with E-state index < -0.39 is 28.7 Å². The molecule has 0 saturated carbocycles. The monoisotopic (exact) mass is 336 g/mol. The summed E-state index contributed by atoms with van der Waals surface area (Å²) in [6.07, 6.45) is -0.992. The molecular formula is C17H18F2N2O3. The Labute approximate surface area is 138 Å². The lowest BCUT2D eigenvalue weighted by Gasteiger charge is -2.27. The largest absolute Gasteiger partial charge is 0.387 e. The molecule has 0 radical (unpaired) electrons. The fourth-order valence-electron chi connectivity index (χ4n) is 2.45. The van der Waals surface area contributed by atoms with Crippen LogP contribution in [-0.4, -0.2) is 28.5 Å². The van der Waals surface area contributed by atoms with Crippen molar-refractivity contribution in [3.63, 3.8) is 0 Å². The van der Waals surface area contributed by atoms with E-state index >= 15 is 0 Å². The summed E-state index contributed by atoms with van der Waals surface area (Å²) in [5.74, 6) is -1.06. The first-order chi connectivity index (χ1) is 11.3. The number of nitro benzene ring substituents is 1. The first-order valence-electron chi connectivity index (χ1n) is 7.37. The van der Waals surface area contributed by atoms with Crippen molar-refractivity contribution >= 4 is 5.69 Å². The van der Waals surface area contributed by atoms with Crippen LogP contribution in [0.25, 0.3) is 0 Å². The highest BCUT2D eigenvalue weighted by atomic mass is 19.1. The lowest BCUT2D eigenvalue weighted by molar-refractivity contribution is -0.385. The molecule has 7 heteroatoms. The molecule has 0 saturated heterocycles. The van der Waals surface area contributed by atoms with Crippen molar-refractivity contribution in [2.24, 2.45) is 0 Å². The molecule has 0 heterocycles. The van der Waals surface area contributed by atoms with E-state index in [4.69, 9.17) is 0 Å². The summed E-state index contributed by atoms with van der Waals surface area (Å²) in [5, 5.41) is 21.1. The molecule has 0 spiro atoms. The predicted molar refractivity (Wildman–Crippen MR) is 85.5 cm³/mol. The standard InChI is InChI=1S/C17H18F2N2O3/c1-11(15-9-13(18)6-7-16(15)19)20(2)10-17(22)12-4-3-5-14(8-12)21(23)24/h3-9,11,17,22H,10H2,1-2H3. The minimum atomic E-state index is -0.992. The predicted octanol–water partition coefficient (Wildman–Crippen LogP) is 3.60. The molecule has 2 aromatic carbocycles. The maximum absolute atomic E-state index is 13.9. The summed E-state index contributed by atoms with van der Waals surface area (Å²) in [5.41, 5.74) is 0.463. The van der Waals surface area contributed by atoms with Gasteiger partial charge in [-0.3, -0.25) is 15.0 Å². The normalized spacial score (nSPS) is 13.8. The summed E-state index contributed by atoms with van der Waals surface area (Å²) in [6, 6.07) is 8.46. The molecule has 24 heavy (non-hydrogen) atoms. The highest BCUT2D eigenvalue weighted by molar-refractivity contribution is 5.35. The molecule has 5 nitrogen and oxygen atoms in total. The Morgan fingerprint density at radius 1 is 1.25 bits per heavy atom. The molecule has 2 rings (SSSR count). The number of nitro groups is 1. The third kappa shape index (κ3) is 4.12. The highest BCUT2D eigenvalue weighted by Gasteiger charge is 2.20.